The van der Waals surface area contributed by atoms with Gasteiger partial charge in [-0.3, -0.25) is 9.97 Å². The van der Waals surface area contributed by atoms with Crippen LogP contribution in [0.4, 0.5) is 0 Å². The Bertz CT molecular complexity index is 2540. The summed E-state index contributed by atoms with van der Waals surface area (Å²) in [6.45, 7) is 0. The van der Waals surface area contributed by atoms with Crippen molar-refractivity contribution in [3.05, 3.63) is 140 Å². The molecule has 0 atom stereocenters. The van der Waals surface area contributed by atoms with Gasteiger partial charge in [0.2, 0.25) is 0 Å². The predicted octanol–water partition coefficient (Wildman–Crippen LogP) is 9.43. The summed E-state index contributed by atoms with van der Waals surface area (Å²) in [5.41, 5.74) is 10.6. The number of hydrogen-bond donors (Lipinski definition) is 0. The molecule has 0 aliphatic carbocycles. The molecule has 0 fully saturated rings. The highest BCUT2D eigenvalue weighted by molar-refractivity contribution is 6.16. The molecule has 0 saturated carbocycles. The Hall–Kier alpha value is -6.07. The molecule has 5 nitrogen and oxygen atoms in total. The van der Waals surface area contributed by atoms with Crippen LogP contribution in [0.1, 0.15) is 0 Å². The molecule has 4 aromatic carbocycles. The third-order valence-electron chi connectivity index (χ3n) is 8.37. The van der Waals surface area contributed by atoms with Gasteiger partial charge in [-0.15, -0.1) is 0 Å². The Morgan fingerprint density at radius 1 is 0.386 bits per heavy atom. The van der Waals surface area contributed by atoms with Crippen LogP contribution in [0.25, 0.3) is 88.2 Å². The minimum absolute atomic E-state index is 0.885. The van der Waals surface area contributed by atoms with Crippen LogP contribution in [-0.4, -0.2) is 24.9 Å². The number of benzene rings is 4. The Labute approximate surface area is 252 Å². The van der Waals surface area contributed by atoms with Crippen LogP contribution in [0.2, 0.25) is 0 Å². The average molecular weight is 562 g/mol. The highest BCUT2D eigenvalue weighted by Crippen LogP contribution is 2.37. The number of fused-ring (bicyclic) bond motifs is 7. The smallest absolute Gasteiger partial charge is 0.0978 e. The van der Waals surface area contributed by atoms with Crippen molar-refractivity contribution in [2.45, 2.75) is 0 Å². The third kappa shape index (κ3) is 3.91. The van der Waals surface area contributed by atoms with Crippen molar-refractivity contribution < 1.29 is 0 Å². The topological polar surface area (TPSA) is 64.5 Å². The first-order chi connectivity index (χ1) is 21.8. The zero-order valence-electron chi connectivity index (χ0n) is 23.5. The van der Waals surface area contributed by atoms with Crippen molar-refractivity contribution in [2.24, 2.45) is 0 Å². The van der Waals surface area contributed by atoms with Crippen LogP contribution in [0, 0.1) is 0 Å². The van der Waals surface area contributed by atoms with Crippen LogP contribution in [0.3, 0.4) is 0 Å². The van der Waals surface area contributed by atoms with Gasteiger partial charge in [0.05, 0.1) is 39.0 Å². The largest absolute Gasteiger partial charge is 0.264 e. The van der Waals surface area contributed by atoms with Crippen LogP contribution in [-0.2, 0) is 0 Å². The lowest BCUT2D eigenvalue weighted by molar-refractivity contribution is 1.33. The molecule has 9 rings (SSSR count). The van der Waals surface area contributed by atoms with Gasteiger partial charge < -0.3 is 0 Å². The van der Waals surface area contributed by atoms with Crippen LogP contribution < -0.4 is 0 Å². The van der Waals surface area contributed by atoms with E-state index in [9.17, 15) is 0 Å². The van der Waals surface area contributed by atoms with Crippen molar-refractivity contribution in [1.29, 1.82) is 0 Å². The molecule has 0 spiro atoms. The van der Waals surface area contributed by atoms with Gasteiger partial charge in [0.1, 0.15) is 0 Å². The lowest BCUT2D eigenvalue weighted by atomic mass is 9.96. The first-order valence-corrected chi connectivity index (χ1v) is 14.6. The third-order valence-corrected chi connectivity index (χ3v) is 8.37. The summed E-state index contributed by atoms with van der Waals surface area (Å²) >= 11 is 0. The fourth-order valence-electron chi connectivity index (χ4n) is 6.22. The molecule has 0 unspecified atom stereocenters. The lowest BCUT2D eigenvalue weighted by Crippen LogP contribution is -1.93. The minimum atomic E-state index is 0.885. The van der Waals surface area contributed by atoms with E-state index in [2.05, 4.69) is 113 Å². The van der Waals surface area contributed by atoms with Crippen LogP contribution >= 0.6 is 0 Å². The monoisotopic (exact) mass is 561 g/mol. The average Bonchev–Trinajstić information content (AvgIpc) is 3.10. The number of hydrogen-bond acceptors (Lipinski definition) is 5. The maximum Gasteiger partial charge on any atom is 0.0978 e. The van der Waals surface area contributed by atoms with E-state index in [4.69, 9.17) is 15.0 Å². The van der Waals surface area contributed by atoms with Gasteiger partial charge in [0.25, 0.3) is 0 Å². The molecule has 9 aromatic rings. The van der Waals surface area contributed by atoms with Crippen LogP contribution in [0.5, 0.6) is 0 Å². The van der Waals surface area contributed by atoms with Gasteiger partial charge in [-0.25, -0.2) is 15.0 Å². The Balaban J connectivity index is 1.17. The molecular weight excluding hydrogens is 538 g/mol. The molecule has 0 aliphatic heterocycles. The Morgan fingerprint density at radius 3 is 1.75 bits per heavy atom. The van der Waals surface area contributed by atoms with Gasteiger partial charge in [0.15, 0.2) is 0 Å². The predicted molar refractivity (Wildman–Crippen MR) is 179 cm³/mol. The first-order valence-electron chi connectivity index (χ1n) is 14.6. The van der Waals surface area contributed by atoms with E-state index in [0.717, 1.165) is 88.2 Å². The maximum absolute atomic E-state index is 5.19. The van der Waals surface area contributed by atoms with E-state index in [1.54, 1.807) is 6.20 Å². The molecule has 0 radical (unpaired) electrons. The maximum atomic E-state index is 5.19. The second kappa shape index (κ2) is 9.75. The van der Waals surface area contributed by atoms with E-state index in [0.29, 0.717) is 0 Å². The summed E-state index contributed by atoms with van der Waals surface area (Å²) in [6.07, 6.45) is 5.54. The highest BCUT2D eigenvalue weighted by atomic mass is 14.8. The van der Waals surface area contributed by atoms with Crippen molar-refractivity contribution in [3.8, 4) is 33.6 Å². The Kier molecular flexibility index (Phi) is 5.43. The lowest BCUT2D eigenvalue weighted by Gasteiger charge is -2.13. The molecule has 204 valence electrons. The summed E-state index contributed by atoms with van der Waals surface area (Å²) in [6, 6.07) is 41.8. The molecule has 0 aliphatic rings. The second-order valence-corrected chi connectivity index (χ2v) is 11.0. The van der Waals surface area contributed by atoms with Crippen LogP contribution in [0.15, 0.2) is 140 Å². The number of para-hydroxylation sites is 1. The molecule has 5 heteroatoms. The van der Waals surface area contributed by atoms with Gasteiger partial charge >= 0.3 is 0 Å². The van der Waals surface area contributed by atoms with E-state index < -0.39 is 0 Å². The SMILES string of the molecule is c1cncc(-c2c3ccccc3nc3c2ccc2ccc(-c4ccc(-c5ccc6ccc7cccnc7c6n5)cc4)nc23)c1. The minimum Gasteiger partial charge on any atom is -0.264 e. The summed E-state index contributed by atoms with van der Waals surface area (Å²) < 4.78 is 0. The van der Waals surface area contributed by atoms with Crippen molar-refractivity contribution in [1.82, 2.24) is 24.9 Å². The number of rotatable bonds is 3. The Morgan fingerprint density at radius 2 is 1.02 bits per heavy atom. The summed E-state index contributed by atoms with van der Waals surface area (Å²) in [5, 5.41) is 5.39. The van der Waals surface area contributed by atoms with E-state index in [-0.39, 0.29) is 0 Å². The molecule has 0 bridgehead atoms. The number of nitrogens with zero attached hydrogens (tertiary/aromatic N) is 5. The van der Waals surface area contributed by atoms with Gasteiger partial charge in [-0.2, -0.15) is 0 Å². The summed E-state index contributed by atoms with van der Waals surface area (Å²) in [4.78, 5) is 24.3. The van der Waals surface area contributed by atoms with Gasteiger partial charge in [-0.05, 0) is 30.3 Å². The standard InChI is InChI=1S/C39H23N5/c1-2-8-34-30(7-1)35(29-6-3-21-40-23-29)31-18-15-28-17-20-33(43-38(28)39(31)44-34)25-11-9-24(10-12-25)32-19-16-27-14-13-26-5-4-22-41-36(26)37(27)42-32/h1-23H. The molecule has 5 heterocycles. The first kappa shape index (κ1) is 24.5. The molecule has 0 N–H and O–H groups in total. The van der Waals surface area contributed by atoms with Crippen molar-refractivity contribution >= 4 is 54.5 Å². The highest BCUT2D eigenvalue weighted by Gasteiger charge is 2.15. The van der Waals surface area contributed by atoms with E-state index in [1.165, 1.54) is 0 Å². The van der Waals surface area contributed by atoms with Gasteiger partial charge in [0, 0.05) is 67.8 Å². The number of aromatic nitrogens is 5. The fraction of sp³-hybridized carbons (Fsp3) is 0. The molecular formula is C39H23N5. The molecule has 0 saturated heterocycles. The summed E-state index contributed by atoms with van der Waals surface area (Å²) in [5.74, 6) is 0. The van der Waals surface area contributed by atoms with Crippen molar-refractivity contribution in [2.75, 3.05) is 0 Å². The summed E-state index contributed by atoms with van der Waals surface area (Å²) in [7, 11) is 0. The second-order valence-electron chi connectivity index (χ2n) is 11.0. The zero-order valence-corrected chi connectivity index (χ0v) is 23.5. The molecule has 0 amide bonds. The van der Waals surface area contributed by atoms with Gasteiger partial charge in [-0.1, -0.05) is 91.0 Å². The zero-order chi connectivity index (χ0) is 29.0. The quantitative estimate of drug-likeness (QED) is 0.159. The fourth-order valence-corrected chi connectivity index (χ4v) is 6.22. The van der Waals surface area contributed by atoms with E-state index in [1.807, 2.05) is 30.6 Å². The molecule has 5 aromatic heterocycles. The normalized spacial score (nSPS) is 11.6. The van der Waals surface area contributed by atoms with Crippen molar-refractivity contribution in [3.63, 3.8) is 0 Å². The number of pyridine rings is 5. The molecule has 44 heavy (non-hydrogen) atoms. The van der Waals surface area contributed by atoms with E-state index >= 15 is 0 Å².